The molecule has 3 rings (SSSR count). The molecule has 26 heavy (non-hydrogen) atoms. The summed E-state index contributed by atoms with van der Waals surface area (Å²) in [5.74, 6) is -0.232. The summed E-state index contributed by atoms with van der Waals surface area (Å²) in [6.07, 6.45) is 0. The van der Waals surface area contributed by atoms with Crippen molar-refractivity contribution in [1.82, 2.24) is 19.0 Å². The largest absolute Gasteiger partial charge is 0.336 e. The highest BCUT2D eigenvalue weighted by molar-refractivity contribution is 7.89. The number of hydrogen-bond donors (Lipinski definition) is 0. The molecule has 0 spiro atoms. The lowest BCUT2D eigenvalue weighted by Gasteiger charge is -2.34. The van der Waals surface area contributed by atoms with Crippen LogP contribution >= 0.6 is 23.2 Å². The van der Waals surface area contributed by atoms with E-state index in [0.717, 1.165) is 0 Å². The van der Waals surface area contributed by atoms with Crippen LogP contribution in [0.1, 0.15) is 16.1 Å². The number of benzene rings is 1. The number of halogens is 2. The number of carbonyl (C=O) groups excluding carboxylic acids is 1. The normalized spacial score (nSPS) is 16.1. The number of carbonyl (C=O) groups is 1. The molecule has 1 aliphatic heterocycles. The van der Waals surface area contributed by atoms with Crippen molar-refractivity contribution >= 4 is 39.1 Å². The van der Waals surface area contributed by atoms with Crippen LogP contribution in [0.15, 0.2) is 29.2 Å². The van der Waals surface area contributed by atoms with Crippen LogP contribution in [-0.4, -0.2) is 59.5 Å². The molecule has 1 aromatic carbocycles. The second-order valence-corrected chi connectivity index (χ2v) is 8.76. The van der Waals surface area contributed by atoms with Crippen LogP contribution in [0.25, 0.3) is 0 Å². The van der Waals surface area contributed by atoms with Gasteiger partial charge < -0.3 is 4.90 Å². The minimum absolute atomic E-state index is 0.188. The van der Waals surface area contributed by atoms with Gasteiger partial charge in [0.25, 0.3) is 5.91 Å². The van der Waals surface area contributed by atoms with Gasteiger partial charge in [-0.05, 0) is 31.2 Å². The molecule has 2 heterocycles. The Labute approximate surface area is 162 Å². The third-order valence-corrected chi connectivity index (χ3v) is 6.94. The predicted octanol–water partition coefficient (Wildman–Crippen LogP) is 2.18. The number of nitrogens with zero attached hydrogens (tertiary/aromatic N) is 4. The maximum Gasteiger partial charge on any atom is 0.258 e. The molecule has 0 radical (unpaired) electrons. The van der Waals surface area contributed by atoms with Crippen molar-refractivity contribution in [3.63, 3.8) is 0 Å². The first-order chi connectivity index (χ1) is 12.2. The Morgan fingerprint density at radius 2 is 1.65 bits per heavy atom. The molecule has 0 unspecified atom stereocenters. The molecule has 0 bridgehead atoms. The summed E-state index contributed by atoms with van der Waals surface area (Å²) in [6, 6.07) is 6.05. The summed E-state index contributed by atoms with van der Waals surface area (Å²) in [7, 11) is -1.94. The third kappa shape index (κ3) is 3.46. The van der Waals surface area contributed by atoms with Crippen molar-refractivity contribution in [3.05, 3.63) is 45.7 Å². The van der Waals surface area contributed by atoms with E-state index in [1.807, 2.05) is 0 Å². The molecule has 1 aliphatic rings. The van der Waals surface area contributed by atoms with Crippen LogP contribution in [0.3, 0.4) is 0 Å². The fourth-order valence-electron chi connectivity index (χ4n) is 2.92. The van der Waals surface area contributed by atoms with E-state index in [2.05, 4.69) is 5.10 Å². The molecule has 7 nitrogen and oxygen atoms in total. The molecule has 1 amide bonds. The molecule has 1 aromatic heterocycles. The van der Waals surface area contributed by atoms with E-state index in [4.69, 9.17) is 23.2 Å². The van der Waals surface area contributed by atoms with Gasteiger partial charge in [-0.25, -0.2) is 8.42 Å². The lowest BCUT2D eigenvalue weighted by molar-refractivity contribution is 0.0697. The molecular weight excluding hydrogens is 399 g/mol. The van der Waals surface area contributed by atoms with Crippen molar-refractivity contribution in [1.29, 1.82) is 0 Å². The van der Waals surface area contributed by atoms with Gasteiger partial charge in [0.15, 0.2) is 0 Å². The van der Waals surface area contributed by atoms with Crippen LogP contribution in [0.4, 0.5) is 0 Å². The van der Waals surface area contributed by atoms with E-state index in [-0.39, 0.29) is 42.1 Å². The van der Waals surface area contributed by atoms with Crippen LogP contribution in [-0.2, 0) is 17.1 Å². The summed E-state index contributed by atoms with van der Waals surface area (Å²) >= 11 is 12.0. The Hall–Kier alpha value is -1.61. The van der Waals surface area contributed by atoms with E-state index < -0.39 is 10.0 Å². The van der Waals surface area contributed by atoms with Crippen molar-refractivity contribution in [2.24, 2.45) is 7.05 Å². The fourth-order valence-corrected chi connectivity index (χ4v) is 4.72. The zero-order chi connectivity index (χ0) is 19.1. The molecular formula is C16H18Cl2N4O3S. The van der Waals surface area contributed by atoms with Gasteiger partial charge in [0.05, 0.1) is 16.2 Å². The van der Waals surface area contributed by atoms with Crippen LogP contribution in [0, 0.1) is 6.92 Å². The zero-order valence-electron chi connectivity index (χ0n) is 14.3. The van der Waals surface area contributed by atoms with Gasteiger partial charge in [-0.15, -0.1) is 0 Å². The van der Waals surface area contributed by atoms with E-state index >= 15 is 0 Å². The Bertz CT molecular complexity index is 933. The molecule has 0 saturated carbocycles. The number of rotatable bonds is 3. The number of aryl methyl sites for hydroxylation is 2. The van der Waals surface area contributed by atoms with Gasteiger partial charge in [-0.2, -0.15) is 9.40 Å². The van der Waals surface area contributed by atoms with Gasteiger partial charge in [0.2, 0.25) is 10.0 Å². The quantitative estimate of drug-likeness (QED) is 0.768. The predicted molar refractivity (Wildman–Crippen MR) is 99.1 cm³/mol. The fraction of sp³-hybridized carbons (Fsp3) is 0.375. The van der Waals surface area contributed by atoms with Crippen molar-refractivity contribution in [2.45, 2.75) is 11.8 Å². The zero-order valence-corrected chi connectivity index (χ0v) is 16.6. The van der Waals surface area contributed by atoms with Crippen LogP contribution in [0.5, 0.6) is 0 Å². The summed E-state index contributed by atoms with van der Waals surface area (Å²) in [5, 5.41) is 4.90. The average molecular weight is 417 g/mol. The standard InChI is InChI=1S/C16H18Cl2N4O3S/c1-11-14(15(18)20(2)19-11)16(23)21-7-9-22(10-8-21)26(24,25)13-5-3-12(17)4-6-13/h3-6H,7-10H2,1-2H3. The Morgan fingerprint density at radius 3 is 2.15 bits per heavy atom. The monoisotopic (exact) mass is 416 g/mol. The average Bonchev–Trinajstić information content (AvgIpc) is 2.87. The van der Waals surface area contributed by atoms with E-state index in [1.54, 1.807) is 31.0 Å². The maximum atomic E-state index is 12.7. The minimum atomic E-state index is -3.61. The molecule has 0 N–H and O–H groups in total. The Balaban J connectivity index is 1.73. The lowest BCUT2D eigenvalue weighted by atomic mass is 10.2. The van der Waals surface area contributed by atoms with Crippen molar-refractivity contribution < 1.29 is 13.2 Å². The van der Waals surface area contributed by atoms with Crippen molar-refractivity contribution in [3.8, 4) is 0 Å². The SMILES string of the molecule is Cc1nn(C)c(Cl)c1C(=O)N1CCN(S(=O)(=O)c2ccc(Cl)cc2)CC1. The van der Waals surface area contributed by atoms with E-state index in [0.29, 0.717) is 16.3 Å². The second kappa shape index (κ2) is 7.19. The van der Waals surface area contributed by atoms with Crippen LogP contribution in [0.2, 0.25) is 10.2 Å². The summed E-state index contributed by atoms with van der Waals surface area (Å²) in [4.78, 5) is 14.5. The number of amides is 1. The molecule has 140 valence electrons. The van der Waals surface area contributed by atoms with Crippen LogP contribution < -0.4 is 0 Å². The summed E-state index contributed by atoms with van der Waals surface area (Å²) < 4.78 is 28.2. The highest BCUT2D eigenvalue weighted by atomic mass is 35.5. The molecule has 1 saturated heterocycles. The van der Waals surface area contributed by atoms with E-state index in [9.17, 15) is 13.2 Å². The number of sulfonamides is 1. The van der Waals surface area contributed by atoms with Gasteiger partial charge in [-0.3, -0.25) is 9.48 Å². The molecule has 1 fully saturated rings. The smallest absolute Gasteiger partial charge is 0.258 e. The van der Waals surface area contributed by atoms with Gasteiger partial charge >= 0.3 is 0 Å². The lowest BCUT2D eigenvalue weighted by Crippen LogP contribution is -2.50. The minimum Gasteiger partial charge on any atom is -0.336 e. The highest BCUT2D eigenvalue weighted by Gasteiger charge is 2.32. The second-order valence-electron chi connectivity index (χ2n) is 6.03. The topological polar surface area (TPSA) is 75.5 Å². The Kier molecular flexibility index (Phi) is 5.30. The third-order valence-electron chi connectivity index (χ3n) is 4.34. The number of hydrogen-bond acceptors (Lipinski definition) is 4. The van der Waals surface area contributed by atoms with Crippen molar-refractivity contribution in [2.75, 3.05) is 26.2 Å². The first-order valence-corrected chi connectivity index (χ1v) is 10.2. The van der Waals surface area contributed by atoms with Gasteiger partial charge in [-0.1, -0.05) is 23.2 Å². The Morgan fingerprint density at radius 1 is 1.08 bits per heavy atom. The molecule has 10 heteroatoms. The van der Waals surface area contributed by atoms with Gasteiger partial charge in [0.1, 0.15) is 5.15 Å². The molecule has 0 atom stereocenters. The number of piperazine rings is 1. The highest BCUT2D eigenvalue weighted by Crippen LogP contribution is 2.23. The maximum absolute atomic E-state index is 12.7. The van der Waals surface area contributed by atoms with Gasteiger partial charge in [0, 0.05) is 38.2 Å². The summed E-state index contributed by atoms with van der Waals surface area (Å²) in [6.45, 7) is 2.73. The van der Waals surface area contributed by atoms with E-state index in [1.165, 1.54) is 21.1 Å². The number of aromatic nitrogens is 2. The first kappa shape index (κ1) is 19.2. The molecule has 0 aliphatic carbocycles. The summed E-state index contributed by atoms with van der Waals surface area (Å²) in [5.41, 5.74) is 0.918. The molecule has 2 aromatic rings. The first-order valence-electron chi connectivity index (χ1n) is 7.96.